The smallest absolute Gasteiger partial charge is 0.253 e. The van der Waals surface area contributed by atoms with Crippen molar-refractivity contribution < 1.29 is 14.3 Å². The van der Waals surface area contributed by atoms with E-state index in [1.54, 1.807) is 36.2 Å². The quantitative estimate of drug-likeness (QED) is 0.886. The van der Waals surface area contributed by atoms with Crippen LogP contribution in [0.5, 0.6) is 5.75 Å². The number of primary amides is 1. The van der Waals surface area contributed by atoms with Gasteiger partial charge in [0, 0.05) is 18.2 Å². The van der Waals surface area contributed by atoms with Crippen molar-refractivity contribution in [3.05, 3.63) is 64.7 Å². The second-order valence-corrected chi connectivity index (χ2v) is 5.84. The zero-order chi connectivity index (χ0) is 17.7. The van der Waals surface area contributed by atoms with Gasteiger partial charge in [-0.1, -0.05) is 6.07 Å². The molecule has 2 N–H and O–H groups in total. The first-order valence-corrected chi connectivity index (χ1v) is 7.73. The molecule has 0 aliphatic rings. The van der Waals surface area contributed by atoms with Gasteiger partial charge in [0.05, 0.1) is 6.54 Å². The van der Waals surface area contributed by atoms with Gasteiger partial charge in [-0.15, -0.1) is 0 Å². The average Bonchev–Trinajstić information content (AvgIpc) is 2.53. The number of hydrogen-bond acceptors (Lipinski definition) is 3. The molecule has 0 bridgehead atoms. The lowest BCUT2D eigenvalue weighted by molar-refractivity contribution is 0.0773. The molecule has 2 rings (SSSR count). The fraction of sp³-hybridized carbons (Fsp3) is 0.263. The Morgan fingerprint density at radius 3 is 2.08 bits per heavy atom. The molecule has 0 aliphatic carbocycles. The molecule has 5 heteroatoms. The predicted molar refractivity (Wildman–Crippen MR) is 93.3 cm³/mol. The lowest BCUT2D eigenvalue weighted by Crippen LogP contribution is -2.30. The van der Waals surface area contributed by atoms with E-state index in [-0.39, 0.29) is 5.91 Å². The standard InChI is InChI=1S/C19H22N2O3/c1-13-10-14(2)12-17(11-13)24-9-8-21(3)19(23)16-6-4-15(5-7-16)18(20)22/h4-7,10-12H,8-9H2,1-3H3,(H2,20,22). The van der Waals surface area contributed by atoms with Gasteiger partial charge in [0.1, 0.15) is 12.4 Å². The van der Waals surface area contributed by atoms with E-state index >= 15 is 0 Å². The van der Waals surface area contributed by atoms with Gasteiger partial charge >= 0.3 is 0 Å². The Kier molecular flexibility index (Phi) is 5.58. The molecule has 0 aromatic heterocycles. The first-order valence-electron chi connectivity index (χ1n) is 7.73. The van der Waals surface area contributed by atoms with Crippen molar-refractivity contribution in [1.82, 2.24) is 4.90 Å². The number of nitrogens with two attached hydrogens (primary N) is 1. The van der Waals surface area contributed by atoms with Crippen LogP contribution in [0.2, 0.25) is 0 Å². The van der Waals surface area contributed by atoms with Crippen molar-refractivity contribution in [2.45, 2.75) is 13.8 Å². The minimum absolute atomic E-state index is 0.130. The number of ether oxygens (including phenoxy) is 1. The third kappa shape index (κ3) is 4.59. The Morgan fingerprint density at radius 1 is 1.00 bits per heavy atom. The lowest BCUT2D eigenvalue weighted by atomic mass is 10.1. The third-order valence-corrected chi connectivity index (χ3v) is 3.65. The molecule has 0 fully saturated rings. The molecule has 5 nitrogen and oxygen atoms in total. The van der Waals surface area contributed by atoms with Crippen LogP contribution in [0.4, 0.5) is 0 Å². The van der Waals surface area contributed by atoms with E-state index < -0.39 is 5.91 Å². The molecule has 0 atom stereocenters. The van der Waals surface area contributed by atoms with E-state index in [4.69, 9.17) is 10.5 Å². The zero-order valence-electron chi connectivity index (χ0n) is 14.2. The molecular formula is C19H22N2O3. The maximum Gasteiger partial charge on any atom is 0.253 e. The summed E-state index contributed by atoms with van der Waals surface area (Å²) in [4.78, 5) is 25.0. The number of rotatable bonds is 6. The third-order valence-electron chi connectivity index (χ3n) is 3.65. The molecule has 0 aliphatic heterocycles. The lowest BCUT2D eigenvalue weighted by Gasteiger charge is -2.18. The minimum Gasteiger partial charge on any atom is -0.492 e. The molecule has 0 heterocycles. The average molecular weight is 326 g/mol. The van der Waals surface area contributed by atoms with Gasteiger partial charge in [0.25, 0.3) is 5.91 Å². The summed E-state index contributed by atoms with van der Waals surface area (Å²) in [5.74, 6) is 0.165. The van der Waals surface area contributed by atoms with Gasteiger partial charge in [-0.05, 0) is 61.4 Å². The van der Waals surface area contributed by atoms with E-state index in [1.807, 2.05) is 26.0 Å². The molecule has 126 valence electrons. The molecular weight excluding hydrogens is 304 g/mol. The highest BCUT2D eigenvalue weighted by Crippen LogP contribution is 2.16. The van der Waals surface area contributed by atoms with Gasteiger partial charge < -0.3 is 15.4 Å². The van der Waals surface area contributed by atoms with Crippen LogP contribution in [0.1, 0.15) is 31.8 Å². The van der Waals surface area contributed by atoms with Crippen LogP contribution in [-0.2, 0) is 0 Å². The summed E-state index contributed by atoms with van der Waals surface area (Å²) in [6.45, 7) is 4.91. The topological polar surface area (TPSA) is 72.6 Å². The molecule has 24 heavy (non-hydrogen) atoms. The largest absolute Gasteiger partial charge is 0.492 e. The van der Waals surface area contributed by atoms with Gasteiger partial charge in [-0.2, -0.15) is 0 Å². The summed E-state index contributed by atoms with van der Waals surface area (Å²) in [6.07, 6.45) is 0. The Morgan fingerprint density at radius 2 is 1.54 bits per heavy atom. The molecule has 0 unspecified atom stereocenters. The fourth-order valence-electron chi connectivity index (χ4n) is 2.42. The Balaban J connectivity index is 1.90. The normalized spacial score (nSPS) is 10.3. The Hall–Kier alpha value is -2.82. The maximum atomic E-state index is 12.3. The molecule has 0 saturated heterocycles. The van der Waals surface area contributed by atoms with Crippen molar-refractivity contribution in [1.29, 1.82) is 0 Å². The minimum atomic E-state index is -0.510. The predicted octanol–water partition coefficient (Wildman–Crippen LogP) is 2.55. The van der Waals surface area contributed by atoms with Crippen LogP contribution in [-0.4, -0.2) is 36.9 Å². The number of aryl methyl sites for hydroxylation is 2. The number of amides is 2. The van der Waals surface area contributed by atoms with Crippen molar-refractivity contribution in [2.24, 2.45) is 5.73 Å². The summed E-state index contributed by atoms with van der Waals surface area (Å²) >= 11 is 0. The van der Waals surface area contributed by atoms with Crippen molar-refractivity contribution in [3.63, 3.8) is 0 Å². The first kappa shape index (κ1) is 17.5. The molecule has 0 saturated carbocycles. The van der Waals surface area contributed by atoms with Gasteiger partial charge in [-0.3, -0.25) is 9.59 Å². The van der Waals surface area contributed by atoms with Crippen LogP contribution in [0.3, 0.4) is 0 Å². The number of carbonyl (C=O) groups excluding carboxylic acids is 2. The van der Waals surface area contributed by atoms with Crippen molar-refractivity contribution in [3.8, 4) is 5.75 Å². The van der Waals surface area contributed by atoms with E-state index in [0.29, 0.717) is 24.3 Å². The highest BCUT2D eigenvalue weighted by Gasteiger charge is 2.12. The summed E-state index contributed by atoms with van der Waals surface area (Å²) in [7, 11) is 1.72. The van der Waals surface area contributed by atoms with Crippen LogP contribution in [0, 0.1) is 13.8 Å². The van der Waals surface area contributed by atoms with Crippen molar-refractivity contribution in [2.75, 3.05) is 20.2 Å². The van der Waals surface area contributed by atoms with Crippen molar-refractivity contribution >= 4 is 11.8 Å². The summed E-state index contributed by atoms with van der Waals surface area (Å²) in [5, 5.41) is 0. The number of likely N-dealkylation sites (N-methyl/N-ethyl adjacent to an activating group) is 1. The van der Waals surface area contributed by atoms with E-state index in [2.05, 4.69) is 6.07 Å². The second-order valence-electron chi connectivity index (χ2n) is 5.84. The van der Waals surface area contributed by atoms with Crippen LogP contribution in [0.25, 0.3) is 0 Å². The van der Waals surface area contributed by atoms with Crippen LogP contribution < -0.4 is 10.5 Å². The highest BCUT2D eigenvalue weighted by molar-refractivity contribution is 5.97. The molecule has 2 amide bonds. The Labute approximate surface area is 142 Å². The first-order chi connectivity index (χ1) is 11.4. The highest BCUT2D eigenvalue weighted by atomic mass is 16.5. The SMILES string of the molecule is Cc1cc(C)cc(OCCN(C)C(=O)c2ccc(C(N)=O)cc2)c1. The number of hydrogen-bond donors (Lipinski definition) is 1. The molecule has 2 aromatic rings. The number of nitrogens with zero attached hydrogens (tertiary/aromatic N) is 1. The summed E-state index contributed by atoms with van der Waals surface area (Å²) in [5.41, 5.74) is 8.37. The van der Waals surface area contributed by atoms with Gasteiger partial charge in [0.15, 0.2) is 0 Å². The van der Waals surface area contributed by atoms with Gasteiger partial charge in [-0.25, -0.2) is 0 Å². The number of benzene rings is 2. The molecule has 2 aromatic carbocycles. The maximum absolute atomic E-state index is 12.3. The van der Waals surface area contributed by atoms with Crippen LogP contribution in [0.15, 0.2) is 42.5 Å². The zero-order valence-corrected chi connectivity index (χ0v) is 14.2. The number of carbonyl (C=O) groups is 2. The Bertz CT molecular complexity index is 719. The summed E-state index contributed by atoms with van der Waals surface area (Å²) < 4.78 is 5.72. The second kappa shape index (κ2) is 7.64. The van der Waals surface area contributed by atoms with E-state index in [1.165, 1.54) is 0 Å². The molecule has 0 radical (unpaired) electrons. The summed E-state index contributed by atoms with van der Waals surface area (Å²) in [6, 6.07) is 12.3. The van der Waals surface area contributed by atoms with Crippen LogP contribution >= 0.6 is 0 Å². The monoisotopic (exact) mass is 326 g/mol. The molecule has 0 spiro atoms. The van der Waals surface area contributed by atoms with E-state index in [0.717, 1.165) is 16.9 Å². The van der Waals surface area contributed by atoms with Gasteiger partial charge in [0.2, 0.25) is 5.91 Å². The van der Waals surface area contributed by atoms with E-state index in [9.17, 15) is 9.59 Å². The fourth-order valence-corrected chi connectivity index (χ4v) is 2.42.